The number of pyridine rings is 1. The molecule has 0 amide bonds. The van der Waals surface area contributed by atoms with E-state index in [9.17, 15) is 0 Å². The maximum absolute atomic E-state index is 6.38. The largest absolute Gasteiger partial charge is 0.486 e. The smallest absolute Gasteiger partial charge is 0.171 e. The third-order valence-electron chi connectivity index (χ3n) is 5.66. The van der Waals surface area contributed by atoms with E-state index in [0.29, 0.717) is 6.61 Å². The number of benzene rings is 2. The van der Waals surface area contributed by atoms with Crippen molar-refractivity contribution in [3.05, 3.63) is 59.2 Å². The molecule has 0 N–H and O–H groups in total. The number of fused-ring (bicyclic) bond motifs is 3. The van der Waals surface area contributed by atoms with Gasteiger partial charge in [0.2, 0.25) is 0 Å². The highest BCUT2D eigenvalue weighted by molar-refractivity contribution is 6.30. The Morgan fingerprint density at radius 2 is 1.79 bits per heavy atom. The minimum absolute atomic E-state index is 0.0245. The summed E-state index contributed by atoms with van der Waals surface area (Å²) in [5.41, 5.74) is 3.18. The highest BCUT2D eigenvalue weighted by atomic mass is 35.5. The van der Waals surface area contributed by atoms with E-state index in [1.807, 2.05) is 37.3 Å². The molecule has 150 valence electrons. The van der Waals surface area contributed by atoms with Gasteiger partial charge in [0.05, 0.1) is 5.52 Å². The standard InChI is InChI=1S/C23H24ClN3O2/c1-16-2-7-20-21(25-16)8-9-22-23(20)29-19(15-28-22)14-26-10-12-27(13-11-26)18-5-3-17(24)4-6-18/h2-9,19H,10-15H2,1H3. The van der Waals surface area contributed by atoms with E-state index >= 15 is 0 Å². The Labute approximate surface area is 175 Å². The highest BCUT2D eigenvalue weighted by Crippen LogP contribution is 2.38. The summed E-state index contributed by atoms with van der Waals surface area (Å²) in [5.74, 6) is 1.64. The SMILES string of the molecule is Cc1ccc2c3c(ccc2n1)OCC(CN1CCN(c2ccc(Cl)cc2)CC1)O3. The number of hydrogen-bond acceptors (Lipinski definition) is 5. The van der Waals surface area contributed by atoms with Gasteiger partial charge in [-0.3, -0.25) is 9.88 Å². The Kier molecular flexibility index (Phi) is 4.94. The van der Waals surface area contributed by atoms with Crippen LogP contribution in [0.15, 0.2) is 48.5 Å². The number of halogens is 1. The molecule has 1 atom stereocenters. The molecule has 0 spiro atoms. The number of nitrogens with zero attached hydrogens (tertiary/aromatic N) is 3. The Hall–Kier alpha value is -2.50. The fraction of sp³-hybridized carbons (Fsp3) is 0.348. The fourth-order valence-corrected chi connectivity index (χ4v) is 4.22. The number of aromatic nitrogens is 1. The number of piperazine rings is 1. The number of anilines is 1. The van der Waals surface area contributed by atoms with Gasteiger partial charge in [-0.2, -0.15) is 0 Å². The van der Waals surface area contributed by atoms with Gasteiger partial charge in [0.15, 0.2) is 11.5 Å². The predicted molar refractivity (Wildman–Crippen MR) is 116 cm³/mol. The molecule has 0 radical (unpaired) electrons. The first-order valence-electron chi connectivity index (χ1n) is 10.1. The van der Waals surface area contributed by atoms with Gasteiger partial charge in [0.1, 0.15) is 12.7 Å². The molecule has 1 unspecified atom stereocenters. The Morgan fingerprint density at radius 1 is 1.00 bits per heavy atom. The van der Waals surface area contributed by atoms with Crippen LogP contribution in [0, 0.1) is 6.92 Å². The molecule has 0 saturated carbocycles. The van der Waals surface area contributed by atoms with Crippen LogP contribution in [-0.2, 0) is 0 Å². The molecule has 0 bridgehead atoms. The first kappa shape index (κ1) is 18.5. The Morgan fingerprint density at radius 3 is 2.59 bits per heavy atom. The molecule has 29 heavy (non-hydrogen) atoms. The summed E-state index contributed by atoms with van der Waals surface area (Å²) < 4.78 is 12.4. The lowest BCUT2D eigenvalue weighted by Gasteiger charge is -2.38. The molecule has 6 heteroatoms. The summed E-state index contributed by atoms with van der Waals surface area (Å²) >= 11 is 6.01. The second-order valence-corrected chi connectivity index (χ2v) is 8.16. The van der Waals surface area contributed by atoms with Crippen molar-refractivity contribution >= 4 is 28.2 Å². The van der Waals surface area contributed by atoms with E-state index in [0.717, 1.165) is 65.8 Å². The molecule has 3 heterocycles. The van der Waals surface area contributed by atoms with Gasteiger partial charge >= 0.3 is 0 Å². The van der Waals surface area contributed by atoms with Gasteiger partial charge < -0.3 is 14.4 Å². The minimum Gasteiger partial charge on any atom is -0.486 e. The zero-order valence-corrected chi connectivity index (χ0v) is 17.2. The average molecular weight is 410 g/mol. The van der Waals surface area contributed by atoms with Crippen LogP contribution in [0.1, 0.15) is 5.69 Å². The van der Waals surface area contributed by atoms with E-state index in [2.05, 4.69) is 33.0 Å². The molecule has 5 rings (SSSR count). The first-order chi connectivity index (χ1) is 14.2. The second-order valence-electron chi connectivity index (χ2n) is 7.73. The molecule has 1 saturated heterocycles. The van der Waals surface area contributed by atoms with Crippen LogP contribution in [-0.4, -0.2) is 55.3 Å². The van der Waals surface area contributed by atoms with Crippen molar-refractivity contribution in [1.29, 1.82) is 0 Å². The Balaban J connectivity index is 1.23. The van der Waals surface area contributed by atoms with Crippen molar-refractivity contribution in [3.63, 3.8) is 0 Å². The lowest BCUT2D eigenvalue weighted by atomic mass is 10.1. The van der Waals surface area contributed by atoms with E-state index in [4.69, 9.17) is 21.1 Å². The van der Waals surface area contributed by atoms with Crippen LogP contribution in [0.3, 0.4) is 0 Å². The maximum Gasteiger partial charge on any atom is 0.171 e. The van der Waals surface area contributed by atoms with Crippen molar-refractivity contribution in [1.82, 2.24) is 9.88 Å². The van der Waals surface area contributed by atoms with E-state index in [1.54, 1.807) is 0 Å². The molecular weight excluding hydrogens is 386 g/mol. The molecule has 2 aliphatic rings. The summed E-state index contributed by atoms with van der Waals surface area (Å²) in [6.07, 6.45) is 0.0245. The Bertz CT molecular complexity index is 1020. The zero-order valence-electron chi connectivity index (χ0n) is 16.5. The molecule has 1 aromatic heterocycles. The lowest BCUT2D eigenvalue weighted by molar-refractivity contribution is 0.0587. The van der Waals surface area contributed by atoms with Gasteiger partial charge in [-0.25, -0.2) is 0 Å². The summed E-state index contributed by atoms with van der Waals surface area (Å²) in [6.45, 7) is 7.45. The van der Waals surface area contributed by atoms with E-state index < -0.39 is 0 Å². The van der Waals surface area contributed by atoms with Gasteiger partial charge in [-0.15, -0.1) is 0 Å². The van der Waals surface area contributed by atoms with Crippen LogP contribution in [0.4, 0.5) is 5.69 Å². The molecule has 0 aliphatic carbocycles. The summed E-state index contributed by atoms with van der Waals surface area (Å²) in [6, 6.07) is 16.1. The van der Waals surface area contributed by atoms with Crippen LogP contribution >= 0.6 is 11.6 Å². The van der Waals surface area contributed by atoms with Crippen molar-refractivity contribution in [2.45, 2.75) is 13.0 Å². The van der Waals surface area contributed by atoms with Gasteiger partial charge in [-0.05, 0) is 55.5 Å². The third-order valence-corrected chi connectivity index (χ3v) is 5.91. The summed E-state index contributed by atoms with van der Waals surface area (Å²) in [4.78, 5) is 9.47. The third kappa shape index (κ3) is 3.85. The summed E-state index contributed by atoms with van der Waals surface area (Å²) in [7, 11) is 0. The minimum atomic E-state index is 0.0245. The van der Waals surface area contributed by atoms with Crippen LogP contribution in [0.25, 0.3) is 10.9 Å². The monoisotopic (exact) mass is 409 g/mol. The number of aryl methyl sites for hydroxylation is 1. The van der Waals surface area contributed by atoms with E-state index in [-0.39, 0.29) is 6.10 Å². The average Bonchev–Trinajstić information content (AvgIpc) is 2.74. The normalized spacial score (nSPS) is 19.5. The van der Waals surface area contributed by atoms with Gasteiger partial charge in [0, 0.05) is 54.5 Å². The van der Waals surface area contributed by atoms with E-state index in [1.165, 1.54) is 5.69 Å². The predicted octanol–water partition coefficient (Wildman–Crippen LogP) is 4.16. The topological polar surface area (TPSA) is 37.8 Å². The number of hydrogen-bond donors (Lipinski definition) is 0. The molecule has 2 aliphatic heterocycles. The van der Waals surface area contributed by atoms with Crippen LogP contribution < -0.4 is 14.4 Å². The van der Waals surface area contributed by atoms with Crippen LogP contribution in [0.5, 0.6) is 11.5 Å². The van der Waals surface area contributed by atoms with Crippen molar-refractivity contribution in [2.75, 3.05) is 44.2 Å². The van der Waals surface area contributed by atoms with Crippen molar-refractivity contribution < 1.29 is 9.47 Å². The van der Waals surface area contributed by atoms with Crippen molar-refractivity contribution in [3.8, 4) is 11.5 Å². The second kappa shape index (κ2) is 7.73. The lowest BCUT2D eigenvalue weighted by Crippen LogP contribution is -2.50. The summed E-state index contributed by atoms with van der Waals surface area (Å²) in [5, 5.41) is 1.80. The molecule has 1 fully saturated rings. The maximum atomic E-state index is 6.38. The first-order valence-corrected chi connectivity index (χ1v) is 10.5. The molecule has 2 aromatic carbocycles. The fourth-order valence-electron chi connectivity index (χ4n) is 4.10. The molecule has 3 aromatic rings. The quantitative estimate of drug-likeness (QED) is 0.649. The molecular formula is C23H24ClN3O2. The van der Waals surface area contributed by atoms with Gasteiger partial charge in [0.25, 0.3) is 0 Å². The molecule has 5 nitrogen and oxygen atoms in total. The van der Waals surface area contributed by atoms with Crippen LogP contribution in [0.2, 0.25) is 5.02 Å². The zero-order chi connectivity index (χ0) is 19.8. The van der Waals surface area contributed by atoms with Crippen molar-refractivity contribution in [2.24, 2.45) is 0 Å². The highest BCUT2D eigenvalue weighted by Gasteiger charge is 2.27. The van der Waals surface area contributed by atoms with Gasteiger partial charge in [-0.1, -0.05) is 11.6 Å². The number of rotatable bonds is 3. The number of ether oxygens (including phenoxy) is 2.